The molecule has 0 unspecified atom stereocenters. The molecule has 0 atom stereocenters. The van der Waals surface area contributed by atoms with Crippen molar-refractivity contribution in [3.63, 3.8) is 0 Å². The van der Waals surface area contributed by atoms with Crippen LogP contribution in [-0.2, 0) is 6.54 Å². The van der Waals surface area contributed by atoms with E-state index in [-0.39, 0.29) is 12.2 Å². The molecule has 0 saturated carbocycles. The summed E-state index contributed by atoms with van der Waals surface area (Å²) >= 11 is 0. The Morgan fingerprint density at radius 3 is 2.58 bits per heavy atom. The molecule has 0 fully saturated rings. The molecular weight excluding hydrogens is 259 g/mol. The highest BCUT2D eigenvalue weighted by Gasteiger charge is 2.10. The van der Waals surface area contributed by atoms with Crippen molar-refractivity contribution in [1.82, 2.24) is 4.98 Å². The molecule has 1 N–H and O–H groups in total. The second-order valence-electron chi connectivity index (χ2n) is 3.74. The van der Waals surface area contributed by atoms with Crippen molar-refractivity contribution >= 4 is 11.4 Å². The summed E-state index contributed by atoms with van der Waals surface area (Å²) < 4.78 is 39.6. The molecule has 0 radical (unpaired) electrons. The minimum atomic E-state index is -0.934. The lowest BCUT2D eigenvalue weighted by Crippen LogP contribution is -2.03. The van der Waals surface area contributed by atoms with Gasteiger partial charge in [0.1, 0.15) is 17.3 Å². The Bertz CT molecular complexity index is 619. The van der Waals surface area contributed by atoms with Gasteiger partial charge in [0.2, 0.25) is 0 Å². The largest absolute Gasteiger partial charge is 0.378 e. The maximum atomic E-state index is 13.5. The van der Waals surface area contributed by atoms with Gasteiger partial charge in [-0.1, -0.05) is 0 Å². The first-order chi connectivity index (χ1) is 9.10. The number of anilines is 1. The second kappa shape index (κ2) is 5.47. The number of benzene rings is 1. The lowest BCUT2D eigenvalue weighted by atomic mass is 10.2. The Balaban J connectivity index is 2.16. The third-order valence-corrected chi connectivity index (χ3v) is 2.38. The van der Waals surface area contributed by atoms with Crippen LogP contribution in [0.15, 0.2) is 35.8 Å². The highest BCUT2D eigenvalue weighted by atomic mass is 19.1. The lowest BCUT2D eigenvalue weighted by molar-refractivity contribution is 0.603. The molecular formula is C12H8F3N3O. The van der Waals surface area contributed by atoms with E-state index in [0.717, 1.165) is 12.3 Å². The summed E-state index contributed by atoms with van der Waals surface area (Å²) in [4.78, 5) is 13.8. The van der Waals surface area contributed by atoms with E-state index in [1.165, 1.54) is 12.3 Å². The van der Waals surface area contributed by atoms with Gasteiger partial charge < -0.3 is 5.32 Å². The zero-order valence-electron chi connectivity index (χ0n) is 9.53. The monoisotopic (exact) mass is 267 g/mol. The van der Waals surface area contributed by atoms with Crippen LogP contribution in [0.25, 0.3) is 0 Å². The first-order valence-corrected chi connectivity index (χ1v) is 5.26. The molecule has 19 heavy (non-hydrogen) atoms. The highest BCUT2D eigenvalue weighted by Crippen LogP contribution is 2.25. The van der Waals surface area contributed by atoms with Crippen LogP contribution < -0.4 is 5.32 Å². The fourth-order valence-corrected chi connectivity index (χ4v) is 1.49. The van der Waals surface area contributed by atoms with E-state index in [1.54, 1.807) is 0 Å². The lowest BCUT2D eigenvalue weighted by Gasteiger charge is -2.08. The second-order valence-corrected chi connectivity index (χ2v) is 3.74. The minimum Gasteiger partial charge on any atom is -0.378 e. The Labute approximate surface area is 106 Å². The average Bonchev–Trinajstić information content (AvgIpc) is 2.39. The number of nitrogens with zero attached hydrogens (tertiary/aromatic N) is 2. The number of hydrogen-bond acceptors (Lipinski definition) is 4. The van der Waals surface area contributed by atoms with E-state index >= 15 is 0 Å². The average molecular weight is 267 g/mol. The summed E-state index contributed by atoms with van der Waals surface area (Å²) in [7, 11) is 0. The van der Waals surface area contributed by atoms with Crippen LogP contribution in [0.2, 0.25) is 0 Å². The van der Waals surface area contributed by atoms with Crippen molar-refractivity contribution in [3.05, 3.63) is 58.5 Å². The molecule has 0 spiro atoms. The molecule has 0 aliphatic rings. The van der Waals surface area contributed by atoms with Crippen molar-refractivity contribution in [3.8, 4) is 0 Å². The van der Waals surface area contributed by atoms with Crippen LogP contribution >= 0.6 is 0 Å². The number of nitrogens with one attached hydrogen (secondary N) is 1. The van der Waals surface area contributed by atoms with E-state index in [1.807, 2.05) is 0 Å². The number of halogens is 3. The Kier molecular flexibility index (Phi) is 3.74. The molecule has 0 aliphatic carbocycles. The fourth-order valence-electron chi connectivity index (χ4n) is 1.49. The molecule has 0 saturated heterocycles. The molecule has 0 aliphatic heterocycles. The van der Waals surface area contributed by atoms with Crippen LogP contribution in [0.4, 0.5) is 24.5 Å². The molecule has 1 aromatic heterocycles. The zero-order valence-corrected chi connectivity index (χ0v) is 9.53. The molecule has 0 amide bonds. The van der Waals surface area contributed by atoms with Gasteiger partial charge >= 0.3 is 0 Å². The molecule has 7 heteroatoms. The van der Waals surface area contributed by atoms with Gasteiger partial charge in [0.25, 0.3) is 0 Å². The van der Waals surface area contributed by atoms with E-state index in [4.69, 9.17) is 0 Å². The maximum Gasteiger partial charge on any atom is 0.154 e. The van der Waals surface area contributed by atoms with Gasteiger partial charge in [-0.3, -0.25) is 4.98 Å². The van der Waals surface area contributed by atoms with Gasteiger partial charge in [-0.2, -0.15) is 0 Å². The van der Waals surface area contributed by atoms with Crippen LogP contribution in [0.3, 0.4) is 0 Å². The van der Waals surface area contributed by atoms with Crippen molar-refractivity contribution in [1.29, 1.82) is 0 Å². The van der Waals surface area contributed by atoms with Gasteiger partial charge in [0.15, 0.2) is 5.82 Å². The van der Waals surface area contributed by atoms with Gasteiger partial charge in [0, 0.05) is 24.9 Å². The SMILES string of the molecule is O=Nc1cc(F)c(NCc2cncc(F)c2)cc1F. The maximum absolute atomic E-state index is 13.5. The molecule has 1 heterocycles. The number of nitroso groups, excluding NO2 is 1. The van der Waals surface area contributed by atoms with Crippen molar-refractivity contribution < 1.29 is 13.2 Å². The van der Waals surface area contributed by atoms with E-state index < -0.39 is 23.1 Å². The number of aromatic nitrogens is 1. The Morgan fingerprint density at radius 1 is 1.11 bits per heavy atom. The Morgan fingerprint density at radius 2 is 1.89 bits per heavy atom. The third-order valence-electron chi connectivity index (χ3n) is 2.38. The number of pyridine rings is 1. The molecule has 1 aromatic carbocycles. The van der Waals surface area contributed by atoms with Crippen molar-refractivity contribution in [2.45, 2.75) is 6.54 Å². The standard InChI is InChI=1S/C12H8F3N3O/c13-8-1-7(4-16-6-8)5-17-11-2-10(15)12(18-19)3-9(11)14/h1-4,6,17H,5H2. The first-order valence-electron chi connectivity index (χ1n) is 5.26. The minimum absolute atomic E-state index is 0.0645. The summed E-state index contributed by atoms with van der Waals surface area (Å²) in [6, 6.07) is 2.73. The van der Waals surface area contributed by atoms with Crippen LogP contribution in [0.1, 0.15) is 5.56 Å². The summed E-state index contributed by atoms with van der Waals surface area (Å²) in [5, 5.41) is 4.93. The normalized spacial score (nSPS) is 10.3. The van der Waals surface area contributed by atoms with E-state index in [9.17, 15) is 18.1 Å². The van der Waals surface area contributed by atoms with Crippen molar-refractivity contribution in [2.75, 3.05) is 5.32 Å². The highest BCUT2D eigenvalue weighted by molar-refractivity contribution is 5.53. The smallest absolute Gasteiger partial charge is 0.154 e. The predicted molar refractivity (Wildman–Crippen MR) is 63.3 cm³/mol. The summed E-state index contributed by atoms with van der Waals surface area (Å²) in [6.45, 7) is 0.0645. The first kappa shape index (κ1) is 13.0. The molecule has 4 nitrogen and oxygen atoms in total. The molecule has 0 bridgehead atoms. The van der Waals surface area contributed by atoms with Gasteiger partial charge in [0.05, 0.1) is 11.9 Å². The predicted octanol–water partition coefficient (Wildman–Crippen LogP) is 3.51. The molecule has 2 rings (SSSR count). The summed E-state index contributed by atoms with van der Waals surface area (Å²) in [5.74, 6) is -2.27. The van der Waals surface area contributed by atoms with Gasteiger partial charge in [-0.15, -0.1) is 4.91 Å². The van der Waals surface area contributed by atoms with Crippen molar-refractivity contribution in [2.24, 2.45) is 5.18 Å². The van der Waals surface area contributed by atoms with Gasteiger partial charge in [-0.25, -0.2) is 13.2 Å². The van der Waals surface area contributed by atoms with Crippen LogP contribution in [0, 0.1) is 22.4 Å². The zero-order chi connectivity index (χ0) is 13.8. The molecule has 2 aromatic rings. The van der Waals surface area contributed by atoms with Gasteiger partial charge in [-0.05, 0) is 16.8 Å². The topological polar surface area (TPSA) is 54.4 Å². The summed E-state index contributed by atoms with van der Waals surface area (Å²) in [5.41, 5.74) is -0.276. The van der Waals surface area contributed by atoms with E-state index in [0.29, 0.717) is 11.6 Å². The van der Waals surface area contributed by atoms with E-state index in [2.05, 4.69) is 15.5 Å². The third kappa shape index (κ3) is 3.06. The number of hydrogen-bond donors (Lipinski definition) is 1. The van der Waals surface area contributed by atoms with Crippen LogP contribution in [0.5, 0.6) is 0 Å². The van der Waals surface area contributed by atoms with Crippen LogP contribution in [-0.4, -0.2) is 4.98 Å². The Hall–Kier alpha value is -2.44. The number of rotatable bonds is 4. The fraction of sp³-hybridized carbons (Fsp3) is 0.0833. The molecule has 98 valence electrons. The quantitative estimate of drug-likeness (QED) is 0.862. The summed E-state index contributed by atoms with van der Waals surface area (Å²) in [6.07, 6.45) is 2.43.